The summed E-state index contributed by atoms with van der Waals surface area (Å²) in [6.45, 7) is 3.07. The van der Waals surface area contributed by atoms with Crippen LogP contribution in [0.15, 0.2) is 36.5 Å². The Morgan fingerprint density at radius 1 is 1.00 bits per heavy atom. The van der Waals surface area contributed by atoms with E-state index in [0.717, 1.165) is 50.2 Å². The second kappa shape index (κ2) is 6.67. The van der Waals surface area contributed by atoms with E-state index in [1.54, 1.807) is 6.20 Å². The summed E-state index contributed by atoms with van der Waals surface area (Å²) in [7, 11) is 0. The maximum Gasteiger partial charge on any atom is 0.254 e. The number of amides is 1. The van der Waals surface area contributed by atoms with Gasteiger partial charge in [-0.15, -0.1) is 0 Å². The van der Waals surface area contributed by atoms with Gasteiger partial charge in [0, 0.05) is 37.1 Å². The average molecular weight is 324 g/mol. The number of rotatable bonds is 3. The molecule has 1 aromatic heterocycles. The molecule has 0 spiro atoms. The van der Waals surface area contributed by atoms with Gasteiger partial charge in [0.2, 0.25) is 0 Å². The number of hydrogen-bond donors (Lipinski definition) is 1. The molecule has 2 fully saturated rings. The molecule has 0 unspecified atom stereocenters. The van der Waals surface area contributed by atoms with Gasteiger partial charge in [0.1, 0.15) is 0 Å². The van der Waals surface area contributed by atoms with E-state index in [1.807, 2.05) is 23.1 Å². The summed E-state index contributed by atoms with van der Waals surface area (Å²) in [5.41, 5.74) is 3.05. The molecule has 5 nitrogen and oxygen atoms in total. The van der Waals surface area contributed by atoms with Gasteiger partial charge < -0.3 is 9.80 Å². The van der Waals surface area contributed by atoms with Crippen LogP contribution in [0.4, 0.5) is 5.69 Å². The zero-order chi connectivity index (χ0) is 16.4. The van der Waals surface area contributed by atoms with Gasteiger partial charge >= 0.3 is 0 Å². The molecule has 1 atom stereocenters. The monoisotopic (exact) mass is 324 g/mol. The number of aromatic amines is 1. The first-order valence-electron chi connectivity index (χ1n) is 8.98. The number of carbonyl (C=O) groups is 1. The molecule has 1 N–H and O–H groups in total. The molecule has 5 heteroatoms. The van der Waals surface area contributed by atoms with Crippen molar-refractivity contribution in [3.63, 3.8) is 0 Å². The third kappa shape index (κ3) is 2.90. The predicted molar refractivity (Wildman–Crippen MR) is 94.1 cm³/mol. The molecule has 0 radical (unpaired) electrons. The smallest absolute Gasteiger partial charge is 0.254 e. The lowest BCUT2D eigenvalue weighted by Crippen LogP contribution is -2.38. The second-order valence-corrected chi connectivity index (χ2v) is 6.76. The van der Waals surface area contributed by atoms with Crippen LogP contribution in [0.1, 0.15) is 54.2 Å². The van der Waals surface area contributed by atoms with Gasteiger partial charge in [-0.3, -0.25) is 9.89 Å². The van der Waals surface area contributed by atoms with Gasteiger partial charge in [0.25, 0.3) is 5.91 Å². The SMILES string of the molecule is O=C(c1ccc(N2CCCC2)cc1)N1CCCC[C@H]1c1ccn[nH]1. The largest absolute Gasteiger partial charge is 0.372 e. The van der Waals surface area contributed by atoms with Crippen molar-refractivity contribution in [2.75, 3.05) is 24.5 Å². The van der Waals surface area contributed by atoms with E-state index >= 15 is 0 Å². The Morgan fingerprint density at radius 2 is 1.75 bits per heavy atom. The standard InChI is InChI=1S/C19H24N4O/c24-19(15-6-8-16(9-7-15)22-12-3-4-13-22)23-14-2-1-5-18(23)17-10-11-20-21-17/h6-11,18H,1-5,12-14H2,(H,20,21)/t18-/m0/s1. The molecule has 1 amide bonds. The minimum Gasteiger partial charge on any atom is -0.372 e. The Morgan fingerprint density at radius 3 is 2.46 bits per heavy atom. The van der Waals surface area contributed by atoms with Gasteiger partial charge in [0.05, 0.1) is 11.7 Å². The van der Waals surface area contributed by atoms with E-state index in [4.69, 9.17) is 0 Å². The zero-order valence-electron chi connectivity index (χ0n) is 13.9. The molecule has 0 aliphatic carbocycles. The van der Waals surface area contributed by atoms with Crippen molar-refractivity contribution in [2.24, 2.45) is 0 Å². The summed E-state index contributed by atoms with van der Waals surface area (Å²) < 4.78 is 0. The van der Waals surface area contributed by atoms with Gasteiger partial charge in [-0.25, -0.2) is 0 Å². The molecule has 3 heterocycles. The Labute approximate surface area is 142 Å². The van der Waals surface area contributed by atoms with Crippen LogP contribution in [0.2, 0.25) is 0 Å². The molecule has 0 saturated carbocycles. The fourth-order valence-electron chi connectivity index (χ4n) is 3.91. The summed E-state index contributed by atoms with van der Waals surface area (Å²) in [6, 6.07) is 10.2. The van der Waals surface area contributed by atoms with Crippen LogP contribution in [-0.4, -0.2) is 40.6 Å². The Kier molecular flexibility index (Phi) is 4.24. The molecule has 2 aliphatic heterocycles. The summed E-state index contributed by atoms with van der Waals surface area (Å²) in [4.78, 5) is 17.4. The van der Waals surface area contributed by atoms with E-state index in [-0.39, 0.29) is 11.9 Å². The quantitative estimate of drug-likeness (QED) is 0.942. The van der Waals surface area contributed by atoms with Crippen molar-refractivity contribution in [1.29, 1.82) is 0 Å². The number of anilines is 1. The number of hydrogen-bond acceptors (Lipinski definition) is 3. The van der Waals surface area contributed by atoms with Crippen molar-refractivity contribution in [3.05, 3.63) is 47.8 Å². The molecule has 2 aliphatic rings. The minimum atomic E-state index is 0.118. The van der Waals surface area contributed by atoms with E-state index in [1.165, 1.54) is 18.5 Å². The summed E-state index contributed by atoms with van der Waals surface area (Å²) >= 11 is 0. The lowest BCUT2D eigenvalue weighted by molar-refractivity contribution is 0.0606. The maximum atomic E-state index is 13.0. The van der Waals surface area contributed by atoms with Crippen LogP contribution in [0, 0.1) is 0 Å². The number of nitrogens with one attached hydrogen (secondary N) is 1. The van der Waals surface area contributed by atoms with E-state index in [0.29, 0.717) is 0 Å². The Hall–Kier alpha value is -2.30. The average Bonchev–Trinajstić information content (AvgIpc) is 3.35. The molecule has 24 heavy (non-hydrogen) atoms. The first kappa shape index (κ1) is 15.2. The number of H-pyrrole nitrogens is 1. The third-order valence-corrected chi connectivity index (χ3v) is 5.23. The highest BCUT2D eigenvalue weighted by Gasteiger charge is 2.29. The fraction of sp³-hybridized carbons (Fsp3) is 0.474. The van der Waals surface area contributed by atoms with Crippen molar-refractivity contribution >= 4 is 11.6 Å². The molecule has 2 saturated heterocycles. The third-order valence-electron chi connectivity index (χ3n) is 5.23. The van der Waals surface area contributed by atoms with Crippen LogP contribution in [0.5, 0.6) is 0 Å². The van der Waals surface area contributed by atoms with Crippen molar-refractivity contribution in [2.45, 2.75) is 38.1 Å². The summed E-state index contributed by atoms with van der Waals surface area (Å²) in [5.74, 6) is 0.127. The number of piperidine rings is 1. The van der Waals surface area contributed by atoms with Crippen molar-refractivity contribution in [3.8, 4) is 0 Å². The van der Waals surface area contributed by atoms with Crippen LogP contribution >= 0.6 is 0 Å². The molecule has 126 valence electrons. The number of likely N-dealkylation sites (tertiary alicyclic amines) is 1. The first-order chi connectivity index (χ1) is 11.8. The molecule has 0 bridgehead atoms. The normalized spacial score (nSPS) is 21.2. The predicted octanol–water partition coefficient (Wildman–Crippen LogP) is 3.38. The van der Waals surface area contributed by atoms with Crippen LogP contribution < -0.4 is 4.90 Å². The van der Waals surface area contributed by atoms with Crippen LogP contribution in [0.3, 0.4) is 0 Å². The first-order valence-corrected chi connectivity index (χ1v) is 8.98. The molecule has 4 rings (SSSR count). The van der Waals surface area contributed by atoms with E-state index < -0.39 is 0 Å². The van der Waals surface area contributed by atoms with Crippen LogP contribution in [-0.2, 0) is 0 Å². The highest BCUT2D eigenvalue weighted by molar-refractivity contribution is 5.95. The maximum absolute atomic E-state index is 13.0. The second-order valence-electron chi connectivity index (χ2n) is 6.76. The van der Waals surface area contributed by atoms with Crippen molar-refractivity contribution in [1.82, 2.24) is 15.1 Å². The summed E-state index contributed by atoms with van der Waals surface area (Å²) in [6.07, 6.45) is 7.52. The van der Waals surface area contributed by atoms with E-state index in [9.17, 15) is 4.79 Å². The molecule has 1 aromatic carbocycles. The van der Waals surface area contributed by atoms with E-state index in [2.05, 4.69) is 27.2 Å². The lowest BCUT2D eigenvalue weighted by atomic mass is 9.98. The van der Waals surface area contributed by atoms with Crippen molar-refractivity contribution < 1.29 is 4.79 Å². The number of nitrogens with zero attached hydrogens (tertiary/aromatic N) is 3. The number of benzene rings is 1. The number of aromatic nitrogens is 2. The zero-order valence-corrected chi connectivity index (χ0v) is 13.9. The lowest BCUT2D eigenvalue weighted by Gasteiger charge is -2.35. The van der Waals surface area contributed by atoms with Gasteiger partial charge in [0.15, 0.2) is 0 Å². The number of carbonyl (C=O) groups excluding carboxylic acids is 1. The topological polar surface area (TPSA) is 52.2 Å². The Bertz CT molecular complexity index is 674. The molecule has 2 aromatic rings. The fourth-order valence-corrected chi connectivity index (χ4v) is 3.91. The van der Waals surface area contributed by atoms with Crippen LogP contribution in [0.25, 0.3) is 0 Å². The van der Waals surface area contributed by atoms with Gasteiger partial charge in [-0.2, -0.15) is 5.10 Å². The highest BCUT2D eigenvalue weighted by Crippen LogP contribution is 2.31. The van der Waals surface area contributed by atoms with Gasteiger partial charge in [-0.1, -0.05) is 0 Å². The summed E-state index contributed by atoms with van der Waals surface area (Å²) in [5, 5.41) is 7.09. The molecular weight excluding hydrogens is 300 g/mol. The highest BCUT2D eigenvalue weighted by atomic mass is 16.2. The molecular formula is C19H24N4O. The Balaban J connectivity index is 1.53. The van der Waals surface area contributed by atoms with Gasteiger partial charge in [-0.05, 0) is 62.4 Å². The minimum absolute atomic E-state index is 0.118.